The van der Waals surface area contributed by atoms with Crippen LogP contribution in [0.5, 0.6) is 11.8 Å². The van der Waals surface area contributed by atoms with Crippen molar-refractivity contribution in [1.29, 1.82) is 0 Å². The summed E-state index contributed by atoms with van der Waals surface area (Å²) in [5.74, 6) is 0.181. The zero-order valence-electron chi connectivity index (χ0n) is 16.8. The van der Waals surface area contributed by atoms with Crippen molar-refractivity contribution in [2.75, 3.05) is 5.32 Å². The van der Waals surface area contributed by atoms with Gasteiger partial charge in [0.05, 0.1) is 17.6 Å². The van der Waals surface area contributed by atoms with Gasteiger partial charge in [-0.1, -0.05) is 18.2 Å². The van der Waals surface area contributed by atoms with Crippen LogP contribution in [0, 0.1) is 0 Å². The van der Waals surface area contributed by atoms with E-state index in [2.05, 4.69) is 15.3 Å². The molecular weight excluding hydrogens is 421 g/mol. The minimum Gasteiger partial charge on any atom is -0.494 e. The van der Waals surface area contributed by atoms with Crippen LogP contribution in [0.25, 0.3) is 22.0 Å². The number of nitrogens with zero attached hydrogens (tertiary/aromatic N) is 3. The van der Waals surface area contributed by atoms with E-state index in [9.17, 15) is 23.4 Å². The zero-order chi connectivity index (χ0) is 22.5. The van der Waals surface area contributed by atoms with Gasteiger partial charge >= 0.3 is 6.18 Å². The molecule has 0 radical (unpaired) electrons. The van der Waals surface area contributed by atoms with Crippen LogP contribution in [0.15, 0.2) is 54.9 Å². The summed E-state index contributed by atoms with van der Waals surface area (Å²) in [7, 11) is 0. The normalized spacial score (nSPS) is 14.1. The molecule has 4 aromatic rings. The summed E-state index contributed by atoms with van der Waals surface area (Å²) in [6.07, 6.45) is -1.52. The minimum absolute atomic E-state index is 0.106. The highest BCUT2D eigenvalue weighted by molar-refractivity contribution is 5.95. The molecule has 2 aromatic carbocycles. The zero-order valence-corrected chi connectivity index (χ0v) is 16.8. The van der Waals surface area contributed by atoms with E-state index in [1.165, 1.54) is 16.7 Å². The van der Waals surface area contributed by atoms with Gasteiger partial charge in [-0.2, -0.15) is 13.2 Å². The van der Waals surface area contributed by atoms with Crippen LogP contribution in [0.2, 0.25) is 0 Å². The molecule has 0 bridgehead atoms. The van der Waals surface area contributed by atoms with Crippen molar-refractivity contribution in [2.45, 2.75) is 31.6 Å². The fourth-order valence-electron chi connectivity index (χ4n) is 3.73. The molecule has 3 N–H and O–H groups in total. The van der Waals surface area contributed by atoms with Crippen LogP contribution in [0.1, 0.15) is 24.0 Å². The third-order valence-electron chi connectivity index (χ3n) is 5.50. The molecule has 1 saturated carbocycles. The lowest BCUT2D eigenvalue weighted by Gasteiger charge is -2.15. The molecule has 164 valence electrons. The Kier molecular flexibility index (Phi) is 4.69. The molecule has 2 aromatic heterocycles. The molecule has 32 heavy (non-hydrogen) atoms. The Morgan fingerprint density at radius 1 is 0.969 bits per heavy atom. The van der Waals surface area contributed by atoms with Gasteiger partial charge in [0.15, 0.2) is 11.8 Å². The van der Waals surface area contributed by atoms with Crippen molar-refractivity contribution in [3.63, 3.8) is 0 Å². The van der Waals surface area contributed by atoms with E-state index in [0.29, 0.717) is 27.9 Å². The third-order valence-corrected chi connectivity index (χ3v) is 5.50. The maximum Gasteiger partial charge on any atom is 0.418 e. The maximum atomic E-state index is 13.9. The lowest BCUT2D eigenvalue weighted by atomic mass is 9.98. The van der Waals surface area contributed by atoms with Crippen LogP contribution >= 0.6 is 0 Å². The van der Waals surface area contributed by atoms with Crippen LogP contribution in [-0.2, 0) is 12.7 Å². The van der Waals surface area contributed by atoms with E-state index in [1.54, 1.807) is 30.3 Å². The molecule has 1 fully saturated rings. The van der Waals surface area contributed by atoms with Gasteiger partial charge < -0.3 is 15.5 Å². The first-order chi connectivity index (χ1) is 15.3. The van der Waals surface area contributed by atoms with E-state index in [4.69, 9.17) is 0 Å². The number of benzene rings is 2. The van der Waals surface area contributed by atoms with Crippen molar-refractivity contribution in [1.82, 2.24) is 14.5 Å². The largest absolute Gasteiger partial charge is 0.494 e. The second-order valence-electron chi connectivity index (χ2n) is 7.89. The number of hydrogen-bond acceptors (Lipinski definition) is 5. The molecule has 1 aliphatic rings. The molecule has 0 aliphatic heterocycles. The fourth-order valence-corrected chi connectivity index (χ4v) is 3.73. The molecule has 0 atom stereocenters. The smallest absolute Gasteiger partial charge is 0.418 e. The quantitative estimate of drug-likeness (QED) is 0.400. The van der Waals surface area contributed by atoms with Gasteiger partial charge in [0, 0.05) is 23.6 Å². The second kappa shape index (κ2) is 7.44. The average molecular weight is 440 g/mol. The lowest BCUT2D eigenvalue weighted by molar-refractivity contribution is -0.136. The molecule has 0 spiro atoms. The second-order valence-corrected chi connectivity index (χ2v) is 7.89. The third kappa shape index (κ3) is 3.81. The van der Waals surface area contributed by atoms with Gasteiger partial charge in [0.2, 0.25) is 0 Å². The first kappa shape index (κ1) is 20.2. The molecule has 5 rings (SSSR count). The van der Waals surface area contributed by atoms with Gasteiger partial charge in [-0.3, -0.25) is 4.57 Å². The topological polar surface area (TPSA) is 83.2 Å². The number of aromatic hydroxyl groups is 2. The number of rotatable bonds is 5. The molecule has 0 saturated heterocycles. The molecule has 6 nitrogen and oxygen atoms in total. The summed E-state index contributed by atoms with van der Waals surface area (Å²) >= 11 is 0. The Morgan fingerprint density at radius 2 is 1.72 bits per heavy atom. The predicted molar refractivity (Wildman–Crippen MR) is 113 cm³/mol. The molecule has 1 aliphatic carbocycles. The Balaban J connectivity index is 1.62. The number of alkyl halides is 3. The number of fused-ring (bicyclic) bond motifs is 1. The summed E-state index contributed by atoms with van der Waals surface area (Å²) in [6.45, 7) is 0.163. The van der Waals surface area contributed by atoms with Gasteiger partial charge in [-0.25, -0.2) is 9.97 Å². The van der Waals surface area contributed by atoms with Gasteiger partial charge in [0.1, 0.15) is 12.1 Å². The highest BCUT2D eigenvalue weighted by Gasteiger charge is 2.35. The van der Waals surface area contributed by atoms with Gasteiger partial charge in [-0.05, 0) is 47.7 Å². The minimum atomic E-state index is -4.58. The maximum absolute atomic E-state index is 13.9. The predicted octanol–water partition coefficient (Wildman–Crippen LogP) is 5.15. The van der Waals surface area contributed by atoms with Crippen molar-refractivity contribution in [3.8, 4) is 22.9 Å². The molecular formula is C23H19F3N4O2. The Bertz CT molecular complexity index is 1290. The van der Waals surface area contributed by atoms with E-state index in [0.717, 1.165) is 25.2 Å². The Morgan fingerprint density at radius 3 is 2.41 bits per heavy atom. The molecule has 0 unspecified atom stereocenters. The Labute approximate surface area is 181 Å². The lowest BCUT2D eigenvalue weighted by Crippen LogP contribution is -2.10. The van der Waals surface area contributed by atoms with E-state index < -0.39 is 11.7 Å². The van der Waals surface area contributed by atoms with Crippen LogP contribution < -0.4 is 5.32 Å². The monoisotopic (exact) mass is 440 g/mol. The van der Waals surface area contributed by atoms with E-state index >= 15 is 0 Å². The number of anilines is 1. The van der Waals surface area contributed by atoms with Crippen LogP contribution in [0.3, 0.4) is 0 Å². The van der Waals surface area contributed by atoms with Gasteiger partial charge in [0.25, 0.3) is 0 Å². The fraction of sp³-hybridized carbons (Fsp3) is 0.217. The highest BCUT2D eigenvalue weighted by Crippen LogP contribution is 2.39. The van der Waals surface area contributed by atoms with Crippen molar-refractivity contribution in [2.24, 2.45) is 0 Å². The average Bonchev–Trinajstić information content (AvgIpc) is 3.53. The summed E-state index contributed by atoms with van der Waals surface area (Å²) in [6, 6.07) is 12.7. The molecule has 9 heteroatoms. The number of aromatic nitrogens is 3. The summed E-state index contributed by atoms with van der Waals surface area (Å²) in [5, 5.41) is 23.3. The number of hydrogen-bond donors (Lipinski definition) is 3. The standard InChI is InChI=1S/C23H19F3N4O2/c24-23(25,26)18-10-15(9-17-21(18)27-12-28-22(17)29-16-4-5-16)14-3-1-2-13(8-14)11-30-19(31)6-7-20(30)32/h1-3,6-10,12,16,31-32H,4-5,11H2,(H,27,28,29). The molecule has 0 amide bonds. The SMILES string of the molecule is Oc1ccc(O)n1Cc1cccc(-c2cc(C(F)(F)F)c3ncnc(NC4CC4)c3c2)c1. The first-order valence-corrected chi connectivity index (χ1v) is 10.1. The molecule has 2 heterocycles. The summed E-state index contributed by atoms with van der Waals surface area (Å²) in [5.41, 5.74) is 0.692. The van der Waals surface area contributed by atoms with Crippen molar-refractivity contribution < 1.29 is 23.4 Å². The van der Waals surface area contributed by atoms with E-state index in [1.807, 2.05) is 0 Å². The van der Waals surface area contributed by atoms with Crippen LogP contribution in [-0.4, -0.2) is 30.8 Å². The summed E-state index contributed by atoms with van der Waals surface area (Å²) in [4.78, 5) is 8.11. The van der Waals surface area contributed by atoms with Gasteiger partial charge in [-0.15, -0.1) is 0 Å². The summed E-state index contributed by atoms with van der Waals surface area (Å²) < 4.78 is 43.0. The number of halogens is 3. The van der Waals surface area contributed by atoms with E-state index in [-0.39, 0.29) is 29.9 Å². The Hall–Kier alpha value is -3.75. The van der Waals surface area contributed by atoms with Crippen LogP contribution in [0.4, 0.5) is 19.0 Å². The number of nitrogens with one attached hydrogen (secondary N) is 1. The van der Waals surface area contributed by atoms with Crippen molar-refractivity contribution in [3.05, 3.63) is 66.0 Å². The highest BCUT2D eigenvalue weighted by atomic mass is 19.4. The van der Waals surface area contributed by atoms with Crippen molar-refractivity contribution >= 4 is 16.7 Å². The first-order valence-electron chi connectivity index (χ1n) is 10.1.